The first-order valence-electron chi connectivity index (χ1n) is 6.19. The Kier molecular flexibility index (Phi) is 3.79. The average molecular weight is 233 g/mol. The highest BCUT2D eigenvalue weighted by Crippen LogP contribution is 2.20. The molecule has 0 bridgehead atoms. The van der Waals surface area contributed by atoms with Gasteiger partial charge in [0.2, 0.25) is 0 Å². The Bertz CT molecular complexity index is 403. The molecule has 1 unspecified atom stereocenters. The lowest BCUT2D eigenvalue weighted by Gasteiger charge is -2.32. The highest BCUT2D eigenvalue weighted by Gasteiger charge is 2.28. The summed E-state index contributed by atoms with van der Waals surface area (Å²) in [6.07, 6.45) is 2.91. The van der Waals surface area contributed by atoms with Gasteiger partial charge in [-0.05, 0) is 31.9 Å². The topological polar surface area (TPSA) is 40.5 Å². The highest BCUT2D eigenvalue weighted by atomic mass is 16.4. The summed E-state index contributed by atoms with van der Waals surface area (Å²) in [6.45, 7) is 3.71. The van der Waals surface area contributed by atoms with Crippen LogP contribution in [-0.2, 0) is 11.3 Å². The van der Waals surface area contributed by atoms with Crippen LogP contribution in [0.5, 0.6) is 0 Å². The molecule has 1 aromatic rings. The SMILES string of the molecule is Cc1cccc(CN2CCCCC2C(=O)O)c1. The normalized spacial score (nSPS) is 21.4. The molecular formula is C14H19NO2. The Morgan fingerprint density at radius 1 is 1.47 bits per heavy atom. The van der Waals surface area contributed by atoms with E-state index in [4.69, 9.17) is 0 Å². The molecule has 1 atom stereocenters. The van der Waals surface area contributed by atoms with E-state index >= 15 is 0 Å². The van der Waals surface area contributed by atoms with Crippen LogP contribution in [0, 0.1) is 6.92 Å². The summed E-state index contributed by atoms with van der Waals surface area (Å²) >= 11 is 0. The second-order valence-electron chi connectivity index (χ2n) is 4.81. The number of carboxylic acids is 1. The van der Waals surface area contributed by atoms with Crippen molar-refractivity contribution in [1.29, 1.82) is 0 Å². The molecule has 1 N–H and O–H groups in total. The first kappa shape index (κ1) is 12.1. The van der Waals surface area contributed by atoms with Gasteiger partial charge in [0, 0.05) is 6.54 Å². The van der Waals surface area contributed by atoms with E-state index in [-0.39, 0.29) is 6.04 Å². The molecule has 0 amide bonds. The predicted molar refractivity (Wildman–Crippen MR) is 66.9 cm³/mol. The molecule has 1 aromatic carbocycles. The fraction of sp³-hybridized carbons (Fsp3) is 0.500. The molecule has 0 saturated carbocycles. The predicted octanol–water partition coefficient (Wildman–Crippen LogP) is 2.43. The van der Waals surface area contributed by atoms with E-state index in [0.717, 1.165) is 32.4 Å². The van der Waals surface area contributed by atoms with Gasteiger partial charge in [0.25, 0.3) is 0 Å². The number of aryl methyl sites for hydroxylation is 1. The van der Waals surface area contributed by atoms with Crippen LogP contribution in [0.3, 0.4) is 0 Å². The van der Waals surface area contributed by atoms with E-state index in [9.17, 15) is 9.90 Å². The minimum absolute atomic E-state index is 0.302. The molecular weight excluding hydrogens is 214 g/mol. The quantitative estimate of drug-likeness (QED) is 0.871. The van der Waals surface area contributed by atoms with Crippen molar-refractivity contribution in [1.82, 2.24) is 4.90 Å². The number of aliphatic carboxylic acids is 1. The van der Waals surface area contributed by atoms with E-state index in [2.05, 4.69) is 30.0 Å². The summed E-state index contributed by atoms with van der Waals surface area (Å²) in [5.74, 6) is -0.683. The second-order valence-corrected chi connectivity index (χ2v) is 4.81. The van der Waals surface area contributed by atoms with Crippen LogP contribution in [0.4, 0.5) is 0 Å². The van der Waals surface area contributed by atoms with Gasteiger partial charge >= 0.3 is 5.97 Å². The number of carbonyl (C=O) groups is 1. The number of piperidine rings is 1. The standard InChI is InChI=1S/C14H19NO2/c1-11-5-4-6-12(9-11)10-15-8-3-2-7-13(15)14(16)17/h4-6,9,13H,2-3,7-8,10H2,1H3,(H,16,17). The Morgan fingerprint density at radius 3 is 3.00 bits per heavy atom. The van der Waals surface area contributed by atoms with E-state index in [1.54, 1.807) is 0 Å². The molecule has 17 heavy (non-hydrogen) atoms. The maximum atomic E-state index is 11.2. The molecule has 1 aliphatic heterocycles. The van der Waals surface area contributed by atoms with Gasteiger partial charge < -0.3 is 5.11 Å². The van der Waals surface area contributed by atoms with Gasteiger partial charge in [0.05, 0.1) is 0 Å². The fourth-order valence-electron chi connectivity index (χ4n) is 2.50. The summed E-state index contributed by atoms with van der Waals surface area (Å²) in [5, 5.41) is 9.20. The zero-order valence-electron chi connectivity index (χ0n) is 10.2. The van der Waals surface area contributed by atoms with Crippen molar-refractivity contribution in [2.75, 3.05) is 6.54 Å². The second kappa shape index (κ2) is 5.32. The number of hydrogen-bond acceptors (Lipinski definition) is 2. The first-order chi connectivity index (χ1) is 8.16. The fourth-order valence-corrected chi connectivity index (χ4v) is 2.50. The molecule has 3 heteroatoms. The first-order valence-corrected chi connectivity index (χ1v) is 6.19. The van der Waals surface area contributed by atoms with Gasteiger partial charge in [-0.3, -0.25) is 9.69 Å². The molecule has 0 spiro atoms. The van der Waals surface area contributed by atoms with Crippen molar-refractivity contribution >= 4 is 5.97 Å². The number of hydrogen-bond donors (Lipinski definition) is 1. The summed E-state index contributed by atoms with van der Waals surface area (Å²) in [4.78, 5) is 13.3. The average Bonchev–Trinajstić information content (AvgIpc) is 2.29. The van der Waals surface area contributed by atoms with Gasteiger partial charge in [-0.25, -0.2) is 0 Å². The summed E-state index contributed by atoms with van der Waals surface area (Å²) in [6, 6.07) is 8.00. The molecule has 92 valence electrons. The Balaban J connectivity index is 2.08. The van der Waals surface area contributed by atoms with Crippen LogP contribution in [0.25, 0.3) is 0 Å². The molecule has 1 aliphatic rings. The summed E-state index contributed by atoms with van der Waals surface area (Å²) < 4.78 is 0. The monoisotopic (exact) mass is 233 g/mol. The van der Waals surface area contributed by atoms with Crippen molar-refractivity contribution in [2.45, 2.75) is 38.8 Å². The number of nitrogens with zero attached hydrogens (tertiary/aromatic N) is 1. The van der Waals surface area contributed by atoms with Gasteiger partial charge in [0.1, 0.15) is 6.04 Å². The lowest BCUT2D eigenvalue weighted by molar-refractivity contribution is -0.144. The maximum Gasteiger partial charge on any atom is 0.320 e. The van der Waals surface area contributed by atoms with Crippen LogP contribution in [0.2, 0.25) is 0 Å². The molecule has 3 nitrogen and oxygen atoms in total. The lowest BCUT2D eigenvalue weighted by atomic mass is 10.0. The van der Waals surface area contributed by atoms with E-state index in [1.165, 1.54) is 11.1 Å². The lowest BCUT2D eigenvalue weighted by Crippen LogP contribution is -2.43. The zero-order valence-corrected chi connectivity index (χ0v) is 10.2. The van der Waals surface area contributed by atoms with E-state index in [1.807, 2.05) is 6.07 Å². The van der Waals surface area contributed by atoms with Crippen LogP contribution in [-0.4, -0.2) is 28.6 Å². The number of benzene rings is 1. The van der Waals surface area contributed by atoms with Crippen molar-refractivity contribution in [3.63, 3.8) is 0 Å². The molecule has 0 radical (unpaired) electrons. The molecule has 2 rings (SSSR count). The Morgan fingerprint density at radius 2 is 2.29 bits per heavy atom. The smallest absolute Gasteiger partial charge is 0.320 e. The molecule has 1 fully saturated rings. The summed E-state index contributed by atoms with van der Waals surface area (Å²) in [5.41, 5.74) is 2.43. The van der Waals surface area contributed by atoms with Crippen LogP contribution in [0.1, 0.15) is 30.4 Å². The molecule has 0 aliphatic carbocycles. The maximum absolute atomic E-state index is 11.2. The van der Waals surface area contributed by atoms with Crippen LogP contribution in [0.15, 0.2) is 24.3 Å². The minimum Gasteiger partial charge on any atom is -0.480 e. The van der Waals surface area contributed by atoms with Gasteiger partial charge in [0.15, 0.2) is 0 Å². The van der Waals surface area contributed by atoms with E-state index < -0.39 is 5.97 Å². The van der Waals surface area contributed by atoms with Crippen molar-refractivity contribution in [2.24, 2.45) is 0 Å². The van der Waals surface area contributed by atoms with E-state index in [0.29, 0.717) is 0 Å². The van der Waals surface area contributed by atoms with Crippen LogP contribution >= 0.6 is 0 Å². The van der Waals surface area contributed by atoms with Gasteiger partial charge in [-0.15, -0.1) is 0 Å². The van der Waals surface area contributed by atoms with Crippen molar-refractivity contribution < 1.29 is 9.90 Å². The van der Waals surface area contributed by atoms with Gasteiger partial charge in [-0.2, -0.15) is 0 Å². The third-order valence-electron chi connectivity index (χ3n) is 3.37. The van der Waals surface area contributed by atoms with Crippen molar-refractivity contribution in [3.05, 3.63) is 35.4 Å². The molecule has 1 saturated heterocycles. The van der Waals surface area contributed by atoms with Crippen molar-refractivity contribution in [3.8, 4) is 0 Å². The molecule has 1 heterocycles. The minimum atomic E-state index is -0.683. The molecule has 0 aromatic heterocycles. The Hall–Kier alpha value is -1.35. The third kappa shape index (κ3) is 3.07. The van der Waals surface area contributed by atoms with Gasteiger partial charge in [-0.1, -0.05) is 36.2 Å². The zero-order chi connectivity index (χ0) is 12.3. The highest BCUT2D eigenvalue weighted by molar-refractivity contribution is 5.73. The number of carboxylic acid groups (broad SMARTS) is 1. The van der Waals surface area contributed by atoms with Crippen LogP contribution < -0.4 is 0 Å². The summed E-state index contributed by atoms with van der Waals surface area (Å²) in [7, 11) is 0. The number of rotatable bonds is 3. The number of likely N-dealkylation sites (tertiary alicyclic amines) is 1. The third-order valence-corrected chi connectivity index (χ3v) is 3.37. The largest absolute Gasteiger partial charge is 0.480 e. The Labute approximate surface area is 102 Å².